The summed E-state index contributed by atoms with van der Waals surface area (Å²) in [6, 6.07) is 7.18. The predicted molar refractivity (Wildman–Crippen MR) is 97.4 cm³/mol. The number of carbonyl (C=O) groups is 2. The maximum Gasteiger partial charge on any atom is 0.261 e. The number of Topliss-reactive ketones (excluding diaryl/α,β-unsaturated/α-hetero) is 1. The first-order valence-electron chi connectivity index (χ1n) is 9.11. The van der Waals surface area contributed by atoms with Crippen LogP contribution < -0.4 is 10.9 Å². The molecule has 1 saturated heterocycles. The van der Waals surface area contributed by atoms with Gasteiger partial charge in [-0.05, 0) is 36.6 Å². The fourth-order valence-corrected chi connectivity index (χ4v) is 3.85. The van der Waals surface area contributed by atoms with Crippen LogP contribution in [0.4, 0.5) is 4.39 Å². The summed E-state index contributed by atoms with van der Waals surface area (Å²) in [5.41, 5.74) is 1.19. The number of halogens is 1. The van der Waals surface area contributed by atoms with Crippen molar-refractivity contribution in [1.29, 1.82) is 0 Å². The number of pyridine rings is 1. The summed E-state index contributed by atoms with van der Waals surface area (Å²) in [5.74, 6) is -0.862. The normalized spacial score (nSPS) is 19.7. The van der Waals surface area contributed by atoms with Gasteiger partial charge in [0.2, 0.25) is 0 Å². The van der Waals surface area contributed by atoms with Crippen LogP contribution in [0.25, 0.3) is 0 Å². The number of aromatic amines is 1. The Bertz CT molecular complexity index is 969. The number of benzene rings is 1. The van der Waals surface area contributed by atoms with Crippen LogP contribution in [0.3, 0.4) is 0 Å². The van der Waals surface area contributed by atoms with E-state index in [1.54, 1.807) is 17.0 Å². The Morgan fingerprint density at radius 3 is 2.85 bits per heavy atom. The number of hydrogen-bond acceptors (Lipinski definition) is 4. The number of amides is 1. The van der Waals surface area contributed by atoms with Gasteiger partial charge >= 0.3 is 0 Å². The van der Waals surface area contributed by atoms with E-state index in [0.29, 0.717) is 55.7 Å². The Kier molecular flexibility index (Phi) is 4.61. The Labute approximate surface area is 155 Å². The molecule has 7 heteroatoms. The number of aromatic nitrogens is 1. The molecule has 0 saturated carbocycles. The van der Waals surface area contributed by atoms with Gasteiger partial charge in [-0.3, -0.25) is 14.4 Å². The predicted octanol–water partition coefficient (Wildman–Crippen LogP) is 1.82. The maximum absolute atomic E-state index is 13.7. The fraction of sp³-hybridized carbons (Fsp3) is 0.350. The molecule has 2 N–H and O–H groups in total. The molecule has 0 bridgehead atoms. The Hall–Kier alpha value is -2.80. The van der Waals surface area contributed by atoms with E-state index in [9.17, 15) is 18.8 Å². The number of carbonyl (C=O) groups excluding carboxylic acids is 2. The minimum Gasteiger partial charge on any atom is -0.329 e. The average Bonchev–Trinajstić information content (AvgIpc) is 2.67. The third-order valence-electron chi connectivity index (χ3n) is 5.22. The molecule has 140 valence electrons. The van der Waals surface area contributed by atoms with Gasteiger partial charge in [0.1, 0.15) is 11.4 Å². The van der Waals surface area contributed by atoms with Crippen LogP contribution >= 0.6 is 0 Å². The lowest BCUT2D eigenvalue weighted by atomic mass is 9.93. The van der Waals surface area contributed by atoms with Crippen LogP contribution in [0.5, 0.6) is 0 Å². The molecule has 1 unspecified atom stereocenters. The number of H-pyrrole nitrogens is 1. The highest BCUT2D eigenvalue weighted by Gasteiger charge is 2.31. The van der Waals surface area contributed by atoms with Gasteiger partial charge in [0.05, 0.1) is 6.04 Å². The number of nitrogens with one attached hydrogen (secondary N) is 2. The van der Waals surface area contributed by atoms with Crippen LogP contribution in [-0.2, 0) is 6.42 Å². The highest BCUT2D eigenvalue weighted by Crippen LogP contribution is 2.25. The number of nitrogens with zero attached hydrogens (tertiary/aromatic N) is 1. The van der Waals surface area contributed by atoms with Crippen molar-refractivity contribution in [2.45, 2.75) is 25.3 Å². The third-order valence-corrected chi connectivity index (χ3v) is 5.22. The summed E-state index contributed by atoms with van der Waals surface area (Å²) in [5, 5.41) is 3.20. The average molecular weight is 369 g/mol. The smallest absolute Gasteiger partial charge is 0.261 e. The molecule has 2 heterocycles. The van der Waals surface area contributed by atoms with Crippen LogP contribution in [0.2, 0.25) is 0 Å². The third kappa shape index (κ3) is 3.30. The number of piperazine rings is 1. The number of ketones is 1. The standard InChI is InChI=1S/C20H20FN3O3/c21-13-4-1-3-12(9-13)17-11-22-7-8-24(17)20(27)15-10-14-16(23-19(15)26)5-2-6-18(14)25/h1,3-4,9-10,17,22H,2,5-8,11H2,(H,23,26). The van der Waals surface area contributed by atoms with E-state index < -0.39 is 11.5 Å². The lowest BCUT2D eigenvalue weighted by Crippen LogP contribution is -2.49. The monoisotopic (exact) mass is 369 g/mol. The van der Waals surface area contributed by atoms with Gasteiger partial charge in [-0.1, -0.05) is 12.1 Å². The van der Waals surface area contributed by atoms with Crippen molar-refractivity contribution >= 4 is 11.7 Å². The van der Waals surface area contributed by atoms with Crippen molar-refractivity contribution in [2.24, 2.45) is 0 Å². The summed E-state index contributed by atoms with van der Waals surface area (Å²) in [6.07, 6.45) is 1.76. The van der Waals surface area contributed by atoms with E-state index in [-0.39, 0.29) is 23.2 Å². The van der Waals surface area contributed by atoms with Crippen molar-refractivity contribution in [3.63, 3.8) is 0 Å². The molecule has 1 aromatic heterocycles. The van der Waals surface area contributed by atoms with Crippen LogP contribution in [0.15, 0.2) is 35.1 Å². The SMILES string of the molecule is O=C1CCCc2[nH]c(=O)c(C(=O)N3CCNCC3c3cccc(F)c3)cc21. The molecule has 27 heavy (non-hydrogen) atoms. The first-order valence-corrected chi connectivity index (χ1v) is 9.11. The number of aryl methyl sites for hydroxylation is 1. The molecule has 1 amide bonds. The minimum atomic E-state index is -0.482. The molecular weight excluding hydrogens is 349 g/mol. The largest absolute Gasteiger partial charge is 0.329 e. The zero-order valence-corrected chi connectivity index (χ0v) is 14.8. The fourth-order valence-electron chi connectivity index (χ4n) is 3.85. The van der Waals surface area contributed by atoms with E-state index in [2.05, 4.69) is 10.3 Å². The topological polar surface area (TPSA) is 82.3 Å². The van der Waals surface area contributed by atoms with Gasteiger partial charge in [-0.2, -0.15) is 0 Å². The number of rotatable bonds is 2. The zero-order chi connectivity index (χ0) is 19.0. The lowest BCUT2D eigenvalue weighted by molar-refractivity contribution is 0.0632. The molecule has 2 aromatic rings. The molecule has 2 aliphatic rings. The Morgan fingerprint density at radius 1 is 1.19 bits per heavy atom. The molecule has 1 atom stereocenters. The molecule has 1 fully saturated rings. The minimum absolute atomic E-state index is 0.0349. The second-order valence-corrected chi connectivity index (χ2v) is 6.95. The van der Waals surface area contributed by atoms with E-state index in [0.717, 1.165) is 0 Å². The lowest BCUT2D eigenvalue weighted by Gasteiger charge is -2.36. The van der Waals surface area contributed by atoms with Crippen LogP contribution in [-0.4, -0.2) is 41.2 Å². The van der Waals surface area contributed by atoms with Crippen molar-refractivity contribution in [1.82, 2.24) is 15.2 Å². The first-order chi connectivity index (χ1) is 13.0. The molecule has 4 rings (SSSR count). The second kappa shape index (κ2) is 7.08. The summed E-state index contributed by atoms with van der Waals surface area (Å²) in [4.78, 5) is 42.1. The number of hydrogen-bond donors (Lipinski definition) is 2. The summed E-state index contributed by atoms with van der Waals surface area (Å²) < 4.78 is 13.7. The molecule has 6 nitrogen and oxygen atoms in total. The summed E-state index contributed by atoms with van der Waals surface area (Å²) >= 11 is 0. The van der Waals surface area contributed by atoms with E-state index >= 15 is 0 Å². The molecule has 1 aliphatic carbocycles. The van der Waals surface area contributed by atoms with Crippen LogP contribution in [0.1, 0.15) is 50.9 Å². The van der Waals surface area contributed by atoms with E-state index in [1.807, 2.05) is 0 Å². The van der Waals surface area contributed by atoms with Crippen molar-refractivity contribution < 1.29 is 14.0 Å². The molecule has 1 aromatic carbocycles. The van der Waals surface area contributed by atoms with Gasteiger partial charge in [0.15, 0.2) is 5.78 Å². The number of fused-ring (bicyclic) bond motifs is 1. The Balaban J connectivity index is 1.71. The molecular formula is C20H20FN3O3. The molecule has 1 aliphatic heterocycles. The molecule has 0 spiro atoms. The van der Waals surface area contributed by atoms with Gasteiger partial charge in [-0.15, -0.1) is 0 Å². The van der Waals surface area contributed by atoms with Crippen LogP contribution in [0, 0.1) is 5.82 Å². The van der Waals surface area contributed by atoms with E-state index in [4.69, 9.17) is 0 Å². The highest BCUT2D eigenvalue weighted by atomic mass is 19.1. The summed E-state index contributed by atoms with van der Waals surface area (Å²) in [6.45, 7) is 1.45. The van der Waals surface area contributed by atoms with E-state index in [1.165, 1.54) is 18.2 Å². The van der Waals surface area contributed by atoms with Crippen molar-refractivity contribution in [2.75, 3.05) is 19.6 Å². The quantitative estimate of drug-likeness (QED) is 0.846. The Morgan fingerprint density at radius 2 is 2.04 bits per heavy atom. The maximum atomic E-state index is 13.7. The highest BCUT2D eigenvalue weighted by molar-refractivity contribution is 6.01. The first kappa shape index (κ1) is 17.6. The molecule has 0 radical (unpaired) electrons. The van der Waals surface area contributed by atoms with Gasteiger partial charge in [0, 0.05) is 37.3 Å². The van der Waals surface area contributed by atoms with Gasteiger partial charge < -0.3 is 15.2 Å². The summed E-state index contributed by atoms with van der Waals surface area (Å²) in [7, 11) is 0. The van der Waals surface area contributed by atoms with Gasteiger partial charge in [-0.25, -0.2) is 4.39 Å². The second-order valence-electron chi connectivity index (χ2n) is 6.95. The van der Waals surface area contributed by atoms with Crippen molar-refractivity contribution in [3.8, 4) is 0 Å². The van der Waals surface area contributed by atoms with Crippen molar-refractivity contribution in [3.05, 3.63) is 68.9 Å². The zero-order valence-electron chi connectivity index (χ0n) is 14.8. The van der Waals surface area contributed by atoms with Gasteiger partial charge in [0.25, 0.3) is 11.5 Å².